The third-order valence-electron chi connectivity index (χ3n) is 3.15. The van der Waals surface area contributed by atoms with Crippen molar-refractivity contribution in [1.29, 1.82) is 0 Å². The lowest BCUT2D eigenvalue weighted by Gasteiger charge is -2.04. The smallest absolute Gasteiger partial charge is 0.188 e. The standard InChI is InChI=1S/C17H18N2OS/c1-2-3-11-20-14-9-10-15-16(12-14)21-17(19-15)18-13-7-5-4-6-8-13/h4-10,12H,2-3,11H2,1H3,(H,18,19). The summed E-state index contributed by atoms with van der Waals surface area (Å²) in [5, 5.41) is 4.24. The van der Waals surface area contributed by atoms with Crippen LogP contribution in [-0.2, 0) is 0 Å². The second-order valence-electron chi connectivity index (χ2n) is 4.84. The maximum Gasteiger partial charge on any atom is 0.188 e. The van der Waals surface area contributed by atoms with Crippen molar-refractivity contribution in [3.05, 3.63) is 48.5 Å². The SMILES string of the molecule is CCCCOc1ccc2nc(Nc3ccccc3)sc2c1. The first kappa shape index (κ1) is 13.9. The molecule has 0 fully saturated rings. The first-order valence-corrected chi connectivity index (χ1v) is 8.02. The Hall–Kier alpha value is -2.07. The Morgan fingerprint density at radius 2 is 2.00 bits per heavy atom. The number of unbranched alkanes of at least 4 members (excludes halogenated alkanes) is 1. The van der Waals surface area contributed by atoms with Crippen LogP contribution in [0.25, 0.3) is 10.2 Å². The van der Waals surface area contributed by atoms with Crippen molar-refractivity contribution in [2.24, 2.45) is 0 Å². The highest BCUT2D eigenvalue weighted by Crippen LogP contribution is 2.30. The molecule has 0 bridgehead atoms. The average Bonchev–Trinajstić information content (AvgIpc) is 2.90. The Morgan fingerprint density at radius 1 is 1.14 bits per heavy atom. The van der Waals surface area contributed by atoms with E-state index in [1.807, 2.05) is 42.5 Å². The summed E-state index contributed by atoms with van der Waals surface area (Å²) in [5.41, 5.74) is 2.05. The number of nitrogens with one attached hydrogen (secondary N) is 1. The fraction of sp³-hybridized carbons (Fsp3) is 0.235. The molecule has 1 aromatic heterocycles. The molecule has 1 heterocycles. The van der Waals surface area contributed by atoms with E-state index in [0.29, 0.717) is 0 Å². The van der Waals surface area contributed by atoms with Gasteiger partial charge in [-0.1, -0.05) is 42.9 Å². The molecule has 3 aromatic rings. The van der Waals surface area contributed by atoms with Gasteiger partial charge in [0.1, 0.15) is 5.75 Å². The van der Waals surface area contributed by atoms with Gasteiger partial charge in [0, 0.05) is 5.69 Å². The van der Waals surface area contributed by atoms with Crippen LogP contribution < -0.4 is 10.1 Å². The average molecular weight is 298 g/mol. The third kappa shape index (κ3) is 3.52. The summed E-state index contributed by atoms with van der Waals surface area (Å²) >= 11 is 1.64. The number of rotatable bonds is 6. The lowest BCUT2D eigenvalue weighted by Crippen LogP contribution is -1.95. The molecular weight excluding hydrogens is 280 g/mol. The first-order valence-electron chi connectivity index (χ1n) is 7.20. The molecule has 3 rings (SSSR count). The van der Waals surface area contributed by atoms with Gasteiger partial charge < -0.3 is 10.1 Å². The molecule has 1 N–H and O–H groups in total. The fourth-order valence-electron chi connectivity index (χ4n) is 2.03. The molecule has 0 aliphatic heterocycles. The van der Waals surface area contributed by atoms with Crippen molar-refractivity contribution in [2.45, 2.75) is 19.8 Å². The Kier molecular flexibility index (Phi) is 4.36. The lowest BCUT2D eigenvalue weighted by atomic mass is 10.3. The van der Waals surface area contributed by atoms with Crippen LogP contribution in [0.2, 0.25) is 0 Å². The predicted octanol–water partition coefficient (Wildman–Crippen LogP) is 5.22. The molecule has 0 spiro atoms. The number of ether oxygens (including phenoxy) is 1. The number of hydrogen-bond acceptors (Lipinski definition) is 4. The Labute approximate surface area is 128 Å². The predicted molar refractivity (Wildman–Crippen MR) is 89.7 cm³/mol. The summed E-state index contributed by atoms with van der Waals surface area (Å²) in [4.78, 5) is 4.60. The number of para-hydroxylation sites is 1. The van der Waals surface area contributed by atoms with Crippen LogP contribution in [0.1, 0.15) is 19.8 Å². The van der Waals surface area contributed by atoms with Crippen LogP contribution in [-0.4, -0.2) is 11.6 Å². The fourth-order valence-corrected chi connectivity index (χ4v) is 2.94. The minimum atomic E-state index is 0.774. The van der Waals surface area contributed by atoms with Crippen molar-refractivity contribution in [2.75, 3.05) is 11.9 Å². The highest BCUT2D eigenvalue weighted by Gasteiger charge is 2.05. The number of thiazole rings is 1. The highest BCUT2D eigenvalue weighted by molar-refractivity contribution is 7.22. The molecule has 0 saturated carbocycles. The summed E-state index contributed by atoms with van der Waals surface area (Å²) in [6, 6.07) is 16.2. The number of hydrogen-bond donors (Lipinski definition) is 1. The van der Waals surface area contributed by atoms with Crippen LogP contribution in [0.5, 0.6) is 5.75 Å². The third-order valence-corrected chi connectivity index (χ3v) is 4.09. The molecule has 0 aliphatic carbocycles. The summed E-state index contributed by atoms with van der Waals surface area (Å²) in [6.45, 7) is 2.94. The molecule has 3 nitrogen and oxygen atoms in total. The Morgan fingerprint density at radius 3 is 2.81 bits per heavy atom. The van der Waals surface area contributed by atoms with Gasteiger partial charge in [-0.2, -0.15) is 0 Å². The van der Waals surface area contributed by atoms with E-state index in [9.17, 15) is 0 Å². The molecule has 21 heavy (non-hydrogen) atoms. The summed E-state index contributed by atoms with van der Waals surface area (Å²) in [6.07, 6.45) is 2.23. The van der Waals surface area contributed by atoms with E-state index < -0.39 is 0 Å². The zero-order valence-electron chi connectivity index (χ0n) is 12.0. The van der Waals surface area contributed by atoms with Crippen molar-refractivity contribution in [1.82, 2.24) is 4.98 Å². The minimum Gasteiger partial charge on any atom is -0.494 e. The van der Waals surface area contributed by atoms with Crippen molar-refractivity contribution in [3.63, 3.8) is 0 Å². The van der Waals surface area contributed by atoms with E-state index in [0.717, 1.165) is 46.2 Å². The van der Waals surface area contributed by atoms with Gasteiger partial charge in [-0.05, 0) is 36.8 Å². The van der Waals surface area contributed by atoms with Gasteiger partial charge in [-0.15, -0.1) is 0 Å². The molecule has 0 saturated heterocycles. The molecule has 108 valence electrons. The van der Waals surface area contributed by atoms with Crippen molar-refractivity contribution < 1.29 is 4.74 Å². The van der Waals surface area contributed by atoms with Crippen LogP contribution in [0.3, 0.4) is 0 Å². The topological polar surface area (TPSA) is 34.1 Å². The van der Waals surface area contributed by atoms with E-state index in [-0.39, 0.29) is 0 Å². The van der Waals surface area contributed by atoms with E-state index >= 15 is 0 Å². The first-order chi connectivity index (χ1) is 10.3. The number of fused-ring (bicyclic) bond motifs is 1. The number of anilines is 2. The second-order valence-corrected chi connectivity index (χ2v) is 5.87. The van der Waals surface area contributed by atoms with Gasteiger partial charge in [0.2, 0.25) is 0 Å². The van der Waals surface area contributed by atoms with Crippen LogP contribution in [0, 0.1) is 0 Å². The monoisotopic (exact) mass is 298 g/mol. The number of nitrogens with zero attached hydrogens (tertiary/aromatic N) is 1. The highest BCUT2D eigenvalue weighted by atomic mass is 32.1. The van der Waals surface area contributed by atoms with E-state index in [1.54, 1.807) is 11.3 Å². The van der Waals surface area contributed by atoms with Gasteiger partial charge >= 0.3 is 0 Å². The maximum absolute atomic E-state index is 5.74. The van der Waals surface area contributed by atoms with E-state index in [1.165, 1.54) is 0 Å². The molecule has 4 heteroatoms. The van der Waals surface area contributed by atoms with Gasteiger partial charge in [-0.25, -0.2) is 4.98 Å². The molecule has 0 radical (unpaired) electrons. The molecule has 2 aromatic carbocycles. The summed E-state index contributed by atoms with van der Waals surface area (Å²) in [5.74, 6) is 0.922. The van der Waals surface area contributed by atoms with Crippen molar-refractivity contribution >= 4 is 32.4 Å². The molecule has 0 unspecified atom stereocenters. The van der Waals surface area contributed by atoms with E-state index in [4.69, 9.17) is 4.74 Å². The van der Waals surface area contributed by atoms with E-state index in [2.05, 4.69) is 23.3 Å². The second kappa shape index (κ2) is 6.59. The van der Waals surface area contributed by atoms with Crippen molar-refractivity contribution in [3.8, 4) is 5.75 Å². The largest absolute Gasteiger partial charge is 0.494 e. The Bertz CT molecular complexity index is 709. The van der Waals surface area contributed by atoms with Gasteiger partial charge in [-0.3, -0.25) is 0 Å². The van der Waals surface area contributed by atoms with Gasteiger partial charge in [0.25, 0.3) is 0 Å². The zero-order chi connectivity index (χ0) is 14.5. The normalized spacial score (nSPS) is 10.7. The van der Waals surface area contributed by atoms with Crippen LogP contribution >= 0.6 is 11.3 Å². The lowest BCUT2D eigenvalue weighted by molar-refractivity contribution is 0.310. The number of benzene rings is 2. The molecule has 0 amide bonds. The van der Waals surface area contributed by atoms with Gasteiger partial charge in [0.15, 0.2) is 5.13 Å². The maximum atomic E-state index is 5.74. The molecule has 0 aliphatic rings. The molecular formula is C17H18N2OS. The quantitative estimate of drug-likeness (QED) is 0.634. The molecule has 0 atom stereocenters. The van der Waals surface area contributed by atoms with Gasteiger partial charge in [0.05, 0.1) is 16.8 Å². The summed E-state index contributed by atoms with van der Waals surface area (Å²) in [7, 11) is 0. The summed E-state index contributed by atoms with van der Waals surface area (Å²) < 4.78 is 6.88. The van der Waals surface area contributed by atoms with Crippen LogP contribution in [0.4, 0.5) is 10.8 Å². The zero-order valence-corrected chi connectivity index (χ0v) is 12.8. The van der Waals surface area contributed by atoms with Crippen LogP contribution in [0.15, 0.2) is 48.5 Å². The number of aromatic nitrogens is 1. The minimum absolute atomic E-state index is 0.774. The Balaban J connectivity index is 1.76.